The average molecular weight is 469 g/mol. The highest BCUT2D eigenvalue weighted by molar-refractivity contribution is 6.25. The van der Waals surface area contributed by atoms with Crippen molar-refractivity contribution < 1.29 is 27.6 Å². The molecule has 1 heterocycles. The number of hydrogen-bond donors (Lipinski definition) is 1. The van der Waals surface area contributed by atoms with E-state index in [-0.39, 0.29) is 25.1 Å². The SMILES string of the molecule is CN(C)c1ccc(C(F)(F)F)cc1NC(=O)CCCN1C(=O)c2cccc3cccc(c23)C1=O. The Hall–Kier alpha value is -3.88. The van der Waals surface area contributed by atoms with Crippen molar-refractivity contribution in [2.45, 2.75) is 19.0 Å². The summed E-state index contributed by atoms with van der Waals surface area (Å²) in [6, 6.07) is 13.6. The standard InChI is InChI=1S/C25H22F3N3O3/c1-30(2)20-12-11-16(25(26,27)28)14-19(20)29-21(32)10-5-13-31-23(33)17-8-3-6-15-7-4-9-18(22(15)17)24(31)34/h3-4,6-9,11-12,14H,5,10,13H2,1-2H3,(H,29,32). The van der Waals surface area contributed by atoms with E-state index in [2.05, 4.69) is 5.32 Å². The molecule has 34 heavy (non-hydrogen) atoms. The minimum Gasteiger partial charge on any atom is -0.376 e. The lowest BCUT2D eigenvalue weighted by Gasteiger charge is -2.27. The number of imide groups is 1. The highest BCUT2D eigenvalue weighted by Crippen LogP contribution is 2.35. The molecule has 0 radical (unpaired) electrons. The van der Waals surface area contributed by atoms with Crippen LogP contribution in [0.2, 0.25) is 0 Å². The zero-order valence-corrected chi connectivity index (χ0v) is 18.6. The van der Waals surface area contributed by atoms with Crippen molar-refractivity contribution in [3.05, 3.63) is 71.3 Å². The summed E-state index contributed by atoms with van der Waals surface area (Å²) in [4.78, 5) is 41.1. The first-order valence-corrected chi connectivity index (χ1v) is 10.6. The lowest BCUT2D eigenvalue weighted by Crippen LogP contribution is -2.41. The average Bonchev–Trinajstić information content (AvgIpc) is 2.78. The fourth-order valence-electron chi connectivity index (χ4n) is 4.10. The highest BCUT2D eigenvalue weighted by Gasteiger charge is 2.33. The van der Waals surface area contributed by atoms with Crippen molar-refractivity contribution in [3.63, 3.8) is 0 Å². The Morgan fingerprint density at radius 1 is 0.971 bits per heavy atom. The molecule has 3 aromatic carbocycles. The van der Waals surface area contributed by atoms with Gasteiger partial charge in [-0.3, -0.25) is 19.3 Å². The number of alkyl halides is 3. The lowest BCUT2D eigenvalue weighted by molar-refractivity contribution is -0.137. The van der Waals surface area contributed by atoms with Gasteiger partial charge in [0.15, 0.2) is 0 Å². The van der Waals surface area contributed by atoms with Crippen LogP contribution in [0, 0.1) is 0 Å². The third kappa shape index (κ3) is 4.33. The second-order valence-corrected chi connectivity index (χ2v) is 8.25. The highest BCUT2D eigenvalue weighted by atomic mass is 19.4. The van der Waals surface area contributed by atoms with Crippen LogP contribution < -0.4 is 10.2 Å². The topological polar surface area (TPSA) is 69.7 Å². The summed E-state index contributed by atoms with van der Waals surface area (Å²) >= 11 is 0. The molecule has 176 valence electrons. The second-order valence-electron chi connectivity index (χ2n) is 8.25. The van der Waals surface area contributed by atoms with E-state index >= 15 is 0 Å². The van der Waals surface area contributed by atoms with Crippen molar-refractivity contribution >= 4 is 39.9 Å². The molecule has 1 aliphatic heterocycles. The van der Waals surface area contributed by atoms with E-state index in [4.69, 9.17) is 0 Å². The number of amides is 3. The molecular formula is C25H22F3N3O3. The number of anilines is 2. The zero-order chi connectivity index (χ0) is 24.6. The Morgan fingerprint density at radius 2 is 1.59 bits per heavy atom. The molecule has 0 saturated carbocycles. The quantitative estimate of drug-likeness (QED) is 0.520. The summed E-state index contributed by atoms with van der Waals surface area (Å²) in [5, 5.41) is 3.95. The van der Waals surface area contributed by atoms with E-state index in [1.165, 1.54) is 6.07 Å². The van der Waals surface area contributed by atoms with Crippen LogP contribution in [-0.4, -0.2) is 43.3 Å². The summed E-state index contributed by atoms with van der Waals surface area (Å²) < 4.78 is 39.3. The monoisotopic (exact) mass is 469 g/mol. The molecule has 4 rings (SSSR count). The van der Waals surface area contributed by atoms with Gasteiger partial charge in [0.25, 0.3) is 11.8 Å². The maximum atomic E-state index is 13.1. The fourth-order valence-corrected chi connectivity index (χ4v) is 4.10. The Balaban J connectivity index is 1.45. The molecule has 6 nitrogen and oxygen atoms in total. The van der Waals surface area contributed by atoms with E-state index in [1.54, 1.807) is 43.3 Å². The first-order valence-electron chi connectivity index (χ1n) is 10.6. The van der Waals surface area contributed by atoms with Gasteiger partial charge in [-0.15, -0.1) is 0 Å². The number of nitrogens with zero attached hydrogens (tertiary/aromatic N) is 2. The van der Waals surface area contributed by atoms with Gasteiger partial charge in [-0.25, -0.2) is 0 Å². The molecule has 3 amide bonds. The van der Waals surface area contributed by atoms with Gasteiger partial charge in [-0.2, -0.15) is 13.2 Å². The minimum atomic E-state index is -4.54. The molecular weight excluding hydrogens is 447 g/mol. The summed E-state index contributed by atoms with van der Waals surface area (Å²) in [6.07, 6.45) is -4.46. The molecule has 0 atom stereocenters. The number of carbonyl (C=O) groups excluding carboxylic acids is 3. The number of carbonyl (C=O) groups is 3. The summed E-state index contributed by atoms with van der Waals surface area (Å²) in [5.74, 6) is -1.37. The van der Waals surface area contributed by atoms with Crippen LogP contribution in [0.15, 0.2) is 54.6 Å². The molecule has 0 bridgehead atoms. The molecule has 0 fully saturated rings. The minimum absolute atomic E-state index is 0.0128. The summed E-state index contributed by atoms with van der Waals surface area (Å²) in [7, 11) is 3.31. The maximum Gasteiger partial charge on any atom is 0.416 e. The zero-order valence-electron chi connectivity index (χ0n) is 18.6. The van der Waals surface area contributed by atoms with Crippen molar-refractivity contribution in [1.82, 2.24) is 4.90 Å². The molecule has 3 aromatic rings. The van der Waals surface area contributed by atoms with Gasteiger partial charge in [0.05, 0.1) is 16.9 Å². The van der Waals surface area contributed by atoms with Gasteiger partial charge in [-0.1, -0.05) is 24.3 Å². The van der Waals surface area contributed by atoms with Crippen LogP contribution in [0.5, 0.6) is 0 Å². The molecule has 9 heteroatoms. The number of halogens is 3. The van der Waals surface area contributed by atoms with E-state index in [0.717, 1.165) is 22.4 Å². The van der Waals surface area contributed by atoms with Gasteiger partial charge >= 0.3 is 6.18 Å². The predicted molar refractivity (Wildman–Crippen MR) is 123 cm³/mol. The van der Waals surface area contributed by atoms with Crippen LogP contribution in [0.25, 0.3) is 10.8 Å². The number of benzene rings is 3. The molecule has 0 aromatic heterocycles. The second kappa shape index (κ2) is 8.81. The van der Waals surface area contributed by atoms with Crippen LogP contribution >= 0.6 is 0 Å². The van der Waals surface area contributed by atoms with Crippen molar-refractivity contribution in [2.75, 3.05) is 30.9 Å². The number of rotatable bonds is 6. The first-order chi connectivity index (χ1) is 16.1. The van der Waals surface area contributed by atoms with E-state index < -0.39 is 29.5 Å². The normalized spacial score (nSPS) is 13.4. The smallest absolute Gasteiger partial charge is 0.376 e. The van der Waals surface area contributed by atoms with Crippen molar-refractivity contribution in [1.29, 1.82) is 0 Å². The summed E-state index contributed by atoms with van der Waals surface area (Å²) in [5.41, 5.74) is 0.447. The van der Waals surface area contributed by atoms with Crippen LogP contribution in [0.1, 0.15) is 39.1 Å². The summed E-state index contributed by atoms with van der Waals surface area (Å²) in [6.45, 7) is 0.0128. The van der Waals surface area contributed by atoms with Gasteiger partial charge < -0.3 is 10.2 Å². The predicted octanol–water partition coefficient (Wildman–Crippen LogP) is 4.94. The number of nitrogens with one attached hydrogen (secondary N) is 1. The molecule has 1 aliphatic rings. The van der Waals surface area contributed by atoms with Gasteiger partial charge in [0.1, 0.15) is 0 Å². The molecule has 0 spiro atoms. The molecule has 1 N–H and O–H groups in total. The van der Waals surface area contributed by atoms with Crippen LogP contribution in [0.4, 0.5) is 24.5 Å². The van der Waals surface area contributed by atoms with Gasteiger partial charge in [-0.05, 0) is 42.1 Å². The van der Waals surface area contributed by atoms with E-state index in [9.17, 15) is 27.6 Å². The number of hydrogen-bond acceptors (Lipinski definition) is 4. The molecule has 0 unspecified atom stereocenters. The first kappa shape index (κ1) is 23.3. The van der Waals surface area contributed by atoms with Crippen LogP contribution in [-0.2, 0) is 11.0 Å². The molecule has 0 aliphatic carbocycles. The van der Waals surface area contributed by atoms with Gasteiger partial charge in [0.2, 0.25) is 5.91 Å². The Kier molecular flexibility index (Phi) is 6.03. The van der Waals surface area contributed by atoms with Gasteiger partial charge in [0, 0.05) is 43.6 Å². The third-order valence-corrected chi connectivity index (χ3v) is 5.72. The fraction of sp³-hybridized carbons (Fsp3) is 0.240. The third-order valence-electron chi connectivity index (χ3n) is 5.72. The van der Waals surface area contributed by atoms with E-state index in [1.807, 2.05) is 12.1 Å². The van der Waals surface area contributed by atoms with E-state index in [0.29, 0.717) is 22.2 Å². The maximum absolute atomic E-state index is 13.1. The Labute approximate surface area is 193 Å². The van der Waals surface area contributed by atoms with Crippen molar-refractivity contribution in [2.24, 2.45) is 0 Å². The lowest BCUT2D eigenvalue weighted by atomic mass is 9.94. The van der Waals surface area contributed by atoms with Crippen LogP contribution in [0.3, 0.4) is 0 Å². The Bertz CT molecular complexity index is 1250. The molecule has 0 saturated heterocycles. The van der Waals surface area contributed by atoms with Crippen molar-refractivity contribution in [3.8, 4) is 0 Å². The Morgan fingerprint density at radius 3 is 2.15 bits per heavy atom. The largest absolute Gasteiger partial charge is 0.416 e.